The first kappa shape index (κ1) is 14.8. The fourth-order valence-corrected chi connectivity index (χ4v) is 3.30. The van der Waals surface area contributed by atoms with E-state index in [0.29, 0.717) is 10.7 Å². The predicted molar refractivity (Wildman–Crippen MR) is 86.1 cm³/mol. The van der Waals surface area contributed by atoms with Crippen molar-refractivity contribution in [2.24, 2.45) is 5.41 Å². The molecule has 0 saturated carbocycles. The number of aromatic nitrogens is 3. The molecule has 0 amide bonds. The molecule has 0 unspecified atom stereocenters. The minimum Gasteiger partial charge on any atom is -0.341 e. The third-order valence-electron chi connectivity index (χ3n) is 4.60. The van der Waals surface area contributed by atoms with Crippen LogP contribution in [0.15, 0.2) is 0 Å². The van der Waals surface area contributed by atoms with E-state index in [1.165, 1.54) is 25.7 Å². The standard InChI is InChI=1S/C15H24ClN5/c1-15(2)6-5-10-21(11-7-15)14-18-12(16)17-13(19-14)20-8-3-4-9-20/h3-11H2,1-2H3. The summed E-state index contributed by atoms with van der Waals surface area (Å²) in [6.07, 6.45) is 6.00. The summed E-state index contributed by atoms with van der Waals surface area (Å²) in [7, 11) is 0. The smallest absolute Gasteiger partial charge is 0.231 e. The Morgan fingerprint density at radius 2 is 1.38 bits per heavy atom. The van der Waals surface area contributed by atoms with Crippen molar-refractivity contribution in [1.29, 1.82) is 0 Å². The van der Waals surface area contributed by atoms with Crippen molar-refractivity contribution in [3.05, 3.63) is 5.28 Å². The van der Waals surface area contributed by atoms with Crippen molar-refractivity contribution < 1.29 is 0 Å². The van der Waals surface area contributed by atoms with Crippen LogP contribution in [0.4, 0.5) is 11.9 Å². The normalized spacial score (nSPS) is 22.4. The van der Waals surface area contributed by atoms with Crippen LogP contribution in [-0.4, -0.2) is 41.1 Å². The summed E-state index contributed by atoms with van der Waals surface area (Å²) in [5.74, 6) is 1.49. The zero-order valence-corrected chi connectivity index (χ0v) is 13.7. The van der Waals surface area contributed by atoms with Gasteiger partial charge in [0.25, 0.3) is 0 Å². The molecule has 6 heteroatoms. The molecule has 2 saturated heterocycles. The second-order valence-corrected chi connectivity index (χ2v) is 7.24. The van der Waals surface area contributed by atoms with Crippen LogP contribution in [0.2, 0.25) is 5.28 Å². The Hall–Kier alpha value is -1.10. The van der Waals surface area contributed by atoms with Crippen LogP contribution in [0, 0.1) is 5.41 Å². The van der Waals surface area contributed by atoms with Gasteiger partial charge < -0.3 is 9.80 Å². The third kappa shape index (κ3) is 3.57. The maximum absolute atomic E-state index is 6.13. The predicted octanol–water partition coefficient (Wildman–Crippen LogP) is 3.14. The number of nitrogens with zero attached hydrogens (tertiary/aromatic N) is 5. The van der Waals surface area contributed by atoms with E-state index < -0.39 is 0 Å². The zero-order chi connectivity index (χ0) is 14.9. The van der Waals surface area contributed by atoms with Gasteiger partial charge in [-0.2, -0.15) is 15.0 Å². The number of anilines is 2. The summed E-state index contributed by atoms with van der Waals surface area (Å²) in [5, 5.41) is 0.311. The van der Waals surface area contributed by atoms with Gasteiger partial charge in [0.05, 0.1) is 0 Å². The van der Waals surface area contributed by atoms with Gasteiger partial charge in [-0.15, -0.1) is 0 Å². The van der Waals surface area contributed by atoms with Crippen LogP contribution in [-0.2, 0) is 0 Å². The fraction of sp³-hybridized carbons (Fsp3) is 0.800. The molecule has 5 nitrogen and oxygen atoms in total. The minimum absolute atomic E-state index is 0.311. The lowest BCUT2D eigenvalue weighted by molar-refractivity contribution is 0.325. The average molecular weight is 310 g/mol. The highest BCUT2D eigenvalue weighted by Crippen LogP contribution is 2.31. The lowest BCUT2D eigenvalue weighted by atomic mass is 9.85. The number of hydrogen-bond donors (Lipinski definition) is 0. The van der Waals surface area contributed by atoms with Gasteiger partial charge in [0.1, 0.15) is 0 Å². The Balaban J connectivity index is 1.81. The summed E-state index contributed by atoms with van der Waals surface area (Å²) in [5.41, 5.74) is 0.406. The van der Waals surface area contributed by atoms with E-state index in [1.807, 2.05) is 0 Å². The molecule has 1 aromatic rings. The van der Waals surface area contributed by atoms with Crippen molar-refractivity contribution in [3.8, 4) is 0 Å². The number of halogens is 1. The summed E-state index contributed by atoms with van der Waals surface area (Å²) in [4.78, 5) is 17.8. The van der Waals surface area contributed by atoms with Crippen molar-refractivity contribution in [2.45, 2.75) is 46.0 Å². The van der Waals surface area contributed by atoms with Gasteiger partial charge >= 0.3 is 0 Å². The third-order valence-corrected chi connectivity index (χ3v) is 4.77. The van der Waals surface area contributed by atoms with Gasteiger partial charge in [-0.1, -0.05) is 13.8 Å². The lowest BCUT2D eigenvalue weighted by Gasteiger charge is -2.24. The topological polar surface area (TPSA) is 45.2 Å². The monoisotopic (exact) mass is 309 g/mol. The average Bonchev–Trinajstić information content (AvgIpc) is 2.89. The van der Waals surface area contributed by atoms with E-state index in [0.717, 1.165) is 44.5 Å². The minimum atomic E-state index is 0.311. The molecule has 0 spiro atoms. The van der Waals surface area contributed by atoms with Crippen LogP contribution in [0.1, 0.15) is 46.0 Å². The molecule has 3 heterocycles. The molecule has 0 aromatic carbocycles. The summed E-state index contributed by atoms with van der Waals surface area (Å²) in [6, 6.07) is 0. The second-order valence-electron chi connectivity index (χ2n) is 6.90. The highest BCUT2D eigenvalue weighted by atomic mass is 35.5. The van der Waals surface area contributed by atoms with E-state index in [4.69, 9.17) is 11.6 Å². The van der Waals surface area contributed by atoms with Crippen LogP contribution in [0.25, 0.3) is 0 Å². The molecule has 0 atom stereocenters. The molecule has 21 heavy (non-hydrogen) atoms. The van der Waals surface area contributed by atoms with Gasteiger partial charge in [-0.25, -0.2) is 0 Å². The van der Waals surface area contributed by atoms with Gasteiger partial charge in [-0.3, -0.25) is 0 Å². The van der Waals surface area contributed by atoms with Crippen LogP contribution in [0.3, 0.4) is 0 Å². The molecule has 1 aromatic heterocycles. The fourth-order valence-electron chi connectivity index (χ4n) is 3.15. The number of rotatable bonds is 2. The molecule has 2 aliphatic rings. The van der Waals surface area contributed by atoms with Gasteiger partial charge in [0, 0.05) is 26.2 Å². The van der Waals surface area contributed by atoms with E-state index in [9.17, 15) is 0 Å². The van der Waals surface area contributed by atoms with E-state index in [2.05, 4.69) is 38.6 Å². The number of hydrogen-bond acceptors (Lipinski definition) is 5. The van der Waals surface area contributed by atoms with Gasteiger partial charge in [-0.05, 0) is 49.1 Å². The highest BCUT2D eigenvalue weighted by molar-refractivity contribution is 6.28. The Labute approximate surface area is 131 Å². The lowest BCUT2D eigenvalue weighted by Crippen LogP contribution is -2.29. The molecular formula is C15H24ClN5. The SMILES string of the molecule is CC1(C)CCCN(c2nc(Cl)nc(N3CCCC3)n2)CC1. The van der Waals surface area contributed by atoms with Crippen LogP contribution < -0.4 is 9.80 Å². The Bertz CT molecular complexity index is 499. The summed E-state index contributed by atoms with van der Waals surface area (Å²) >= 11 is 6.13. The first-order valence-corrected chi connectivity index (χ1v) is 8.33. The van der Waals surface area contributed by atoms with Gasteiger partial charge in [0.15, 0.2) is 0 Å². The highest BCUT2D eigenvalue weighted by Gasteiger charge is 2.25. The quantitative estimate of drug-likeness (QED) is 0.840. The van der Waals surface area contributed by atoms with E-state index >= 15 is 0 Å². The molecule has 2 fully saturated rings. The summed E-state index contributed by atoms with van der Waals surface area (Å²) < 4.78 is 0. The van der Waals surface area contributed by atoms with Crippen molar-refractivity contribution in [2.75, 3.05) is 36.0 Å². The molecule has 2 aliphatic heterocycles. The van der Waals surface area contributed by atoms with Crippen LogP contribution >= 0.6 is 11.6 Å². The largest absolute Gasteiger partial charge is 0.341 e. The van der Waals surface area contributed by atoms with Crippen LogP contribution in [0.5, 0.6) is 0 Å². The molecule has 0 radical (unpaired) electrons. The van der Waals surface area contributed by atoms with Crippen molar-refractivity contribution in [1.82, 2.24) is 15.0 Å². The second kappa shape index (κ2) is 5.95. The summed E-state index contributed by atoms with van der Waals surface area (Å²) in [6.45, 7) is 8.72. The van der Waals surface area contributed by atoms with Crippen molar-refractivity contribution in [3.63, 3.8) is 0 Å². The van der Waals surface area contributed by atoms with Crippen molar-refractivity contribution >= 4 is 23.5 Å². The van der Waals surface area contributed by atoms with Gasteiger partial charge in [0.2, 0.25) is 17.2 Å². The molecule has 0 aliphatic carbocycles. The molecule has 0 N–H and O–H groups in total. The zero-order valence-electron chi connectivity index (χ0n) is 13.0. The van der Waals surface area contributed by atoms with E-state index in [1.54, 1.807) is 0 Å². The molecular weight excluding hydrogens is 286 g/mol. The Morgan fingerprint density at radius 3 is 2.05 bits per heavy atom. The first-order chi connectivity index (χ1) is 10.0. The maximum atomic E-state index is 6.13. The Kier molecular flexibility index (Phi) is 4.20. The molecule has 0 bridgehead atoms. The molecule has 3 rings (SSSR count). The first-order valence-electron chi connectivity index (χ1n) is 7.95. The maximum Gasteiger partial charge on any atom is 0.231 e. The van der Waals surface area contributed by atoms with E-state index in [-0.39, 0.29) is 0 Å². The molecule has 116 valence electrons. The Morgan fingerprint density at radius 1 is 0.810 bits per heavy atom.